The summed E-state index contributed by atoms with van der Waals surface area (Å²) in [5, 5.41) is 0. The van der Waals surface area contributed by atoms with Gasteiger partial charge in [0.25, 0.3) is 0 Å². The smallest absolute Gasteiger partial charge is 0.237 e. The molecule has 0 fully saturated rings. The van der Waals surface area contributed by atoms with Gasteiger partial charge < -0.3 is 4.90 Å². The van der Waals surface area contributed by atoms with Crippen LogP contribution in [0.3, 0.4) is 0 Å². The summed E-state index contributed by atoms with van der Waals surface area (Å²) in [4.78, 5) is 15.1. The van der Waals surface area contributed by atoms with Gasteiger partial charge in [-0.1, -0.05) is 41.6 Å². The zero-order valence-electron chi connectivity index (χ0n) is 9.15. The molecule has 1 aliphatic heterocycles. The second-order valence-corrected chi connectivity index (χ2v) is 5.92. The van der Waals surface area contributed by atoms with Crippen LogP contribution in [0.15, 0.2) is 29.2 Å². The van der Waals surface area contributed by atoms with E-state index in [0.29, 0.717) is 11.7 Å². The van der Waals surface area contributed by atoms with Gasteiger partial charge in [0.2, 0.25) is 5.91 Å². The average Bonchev–Trinajstić information content (AvgIpc) is 2.32. The molecule has 0 bridgehead atoms. The minimum Gasteiger partial charge on any atom is -0.310 e. The summed E-state index contributed by atoms with van der Waals surface area (Å²) in [5.41, 5.74) is 1.08. The molecule has 1 amide bonds. The molecular formula is C12H14INOS. The molecule has 0 spiro atoms. The van der Waals surface area contributed by atoms with Gasteiger partial charge in [0.1, 0.15) is 0 Å². The Morgan fingerprint density at radius 3 is 3.00 bits per heavy atom. The summed E-state index contributed by atoms with van der Waals surface area (Å²) < 4.78 is 1.08. The summed E-state index contributed by atoms with van der Waals surface area (Å²) in [6.07, 6.45) is 0. The molecule has 1 aliphatic rings. The molecule has 0 saturated carbocycles. The van der Waals surface area contributed by atoms with Crippen molar-refractivity contribution in [3.05, 3.63) is 24.3 Å². The van der Waals surface area contributed by atoms with E-state index in [0.717, 1.165) is 16.7 Å². The Morgan fingerprint density at radius 2 is 2.25 bits per heavy atom. The number of halogens is 1. The van der Waals surface area contributed by atoms with Gasteiger partial charge in [-0.3, -0.25) is 4.79 Å². The quantitative estimate of drug-likeness (QED) is 0.618. The Bertz CT molecular complexity index is 396. The first-order valence-electron chi connectivity index (χ1n) is 5.30. The first-order valence-corrected chi connectivity index (χ1v) is 7.81. The zero-order chi connectivity index (χ0) is 11.5. The van der Waals surface area contributed by atoms with Crippen molar-refractivity contribution in [3.8, 4) is 0 Å². The summed E-state index contributed by atoms with van der Waals surface area (Å²) in [7, 11) is 0. The highest BCUT2D eigenvalue weighted by molar-refractivity contribution is 14.1. The highest BCUT2D eigenvalue weighted by Gasteiger charge is 2.25. The van der Waals surface area contributed by atoms with Crippen LogP contribution in [0, 0.1) is 5.92 Å². The van der Waals surface area contributed by atoms with Crippen molar-refractivity contribution in [2.24, 2.45) is 5.92 Å². The first-order chi connectivity index (χ1) is 7.72. The number of carbonyl (C=O) groups excluding carboxylic acids is 1. The number of anilines is 1. The number of para-hydroxylation sites is 1. The summed E-state index contributed by atoms with van der Waals surface area (Å²) in [6, 6.07) is 8.16. The van der Waals surface area contributed by atoms with E-state index in [2.05, 4.69) is 35.6 Å². The molecule has 0 radical (unpaired) electrons. The Morgan fingerprint density at radius 1 is 1.50 bits per heavy atom. The van der Waals surface area contributed by atoms with Gasteiger partial charge in [0.05, 0.1) is 11.4 Å². The molecule has 86 valence electrons. The van der Waals surface area contributed by atoms with E-state index in [9.17, 15) is 4.79 Å². The zero-order valence-corrected chi connectivity index (χ0v) is 12.1. The molecule has 0 unspecified atom stereocenters. The van der Waals surface area contributed by atoms with E-state index < -0.39 is 0 Å². The van der Waals surface area contributed by atoms with Crippen molar-refractivity contribution in [1.82, 2.24) is 0 Å². The molecule has 0 N–H and O–H groups in total. The van der Waals surface area contributed by atoms with Crippen molar-refractivity contribution in [2.45, 2.75) is 11.8 Å². The fourth-order valence-electron chi connectivity index (χ4n) is 1.71. The molecule has 0 saturated heterocycles. The number of hydrogen-bond donors (Lipinski definition) is 0. The summed E-state index contributed by atoms with van der Waals surface area (Å²) >= 11 is 4.02. The molecule has 4 heteroatoms. The molecule has 0 aromatic heterocycles. The number of hydrogen-bond acceptors (Lipinski definition) is 2. The topological polar surface area (TPSA) is 20.3 Å². The Hall–Kier alpha value is -0.230. The number of thioether (sulfide) groups is 1. The number of alkyl halides is 1. The molecule has 1 heterocycles. The van der Waals surface area contributed by atoms with E-state index in [1.54, 1.807) is 11.8 Å². The lowest BCUT2D eigenvalue weighted by Gasteiger charge is -2.30. The fourth-order valence-corrected chi connectivity index (χ4v) is 2.93. The van der Waals surface area contributed by atoms with E-state index >= 15 is 0 Å². The predicted octanol–water partition coefficient (Wildman–Crippen LogP) is 3.20. The van der Waals surface area contributed by atoms with Crippen molar-refractivity contribution >= 4 is 45.9 Å². The Kier molecular flexibility index (Phi) is 4.13. The first kappa shape index (κ1) is 12.2. The number of rotatable bonds is 3. The van der Waals surface area contributed by atoms with E-state index in [4.69, 9.17) is 0 Å². The highest BCUT2D eigenvalue weighted by atomic mass is 127. The minimum atomic E-state index is 0.236. The lowest BCUT2D eigenvalue weighted by molar-refractivity contribution is -0.116. The van der Waals surface area contributed by atoms with Gasteiger partial charge in [0, 0.05) is 15.9 Å². The third-order valence-electron chi connectivity index (χ3n) is 2.57. The van der Waals surface area contributed by atoms with Crippen LogP contribution in [-0.4, -0.2) is 22.6 Å². The maximum Gasteiger partial charge on any atom is 0.237 e. The SMILES string of the molecule is C[C@H](CI)CN1C(=O)CSc2ccccc21. The maximum absolute atomic E-state index is 11.9. The fraction of sp³-hybridized carbons (Fsp3) is 0.417. The summed E-state index contributed by atoms with van der Waals surface area (Å²) in [6.45, 7) is 3.02. The number of nitrogens with zero attached hydrogens (tertiary/aromatic N) is 1. The number of fused-ring (bicyclic) bond motifs is 1. The van der Waals surface area contributed by atoms with E-state index in [-0.39, 0.29) is 5.91 Å². The third kappa shape index (κ3) is 2.53. The van der Waals surface area contributed by atoms with Gasteiger partial charge in [-0.15, -0.1) is 11.8 Å². The van der Waals surface area contributed by atoms with Gasteiger partial charge in [-0.05, 0) is 18.1 Å². The molecule has 16 heavy (non-hydrogen) atoms. The molecule has 2 nitrogen and oxygen atoms in total. The lowest BCUT2D eigenvalue weighted by atomic mass is 10.2. The largest absolute Gasteiger partial charge is 0.310 e. The van der Waals surface area contributed by atoms with Crippen LogP contribution in [-0.2, 0) is 4.79 Å². The van der Waals surface area contributed by atoms with Crippen molar-refractivity contribution in [3.63, 3.8) is 0 Å². The number of carbonyl (C=O) groups is 1. The van der Waals surface area contributed by atoms with Crippen LogP contribution in [0.1, 0.15) is 6.92 Å². The molecule has 1 atom stereocenters. The number of amides is 1. The Labute approximate surface area is 114 Å². The van der Waals surface area contributed by atoms with Gasteiger partial charge >= 0.3 is 0 Å². The summed E-state index contributed by atoms with van der Waals surface area (Å²) in [5.74, 6) is 1.35. The average molecular weight is 347 g/mol. The maximum atomic E-state index is 11.9. The van der Waals surface area contributed by atoms with Crippen LogP contribution in [0.2, 0.25) is 0 Å². The van der Waals surface area contributed by atoms with E-state index in [1.165, 1.54) is 4.90 Å². The van der Waals surface area contributed by atoms with Gasteiger partial charge in [0.15, 0.2) is 0 Å². The molecule has 1 aromatic carbocycles. The van der Waals surface area contributed by atoms with Crippen molar-refractivity contribution < 1.29 is 4.79 Å². The molecule has 0 aliphatic carbocycles. The molecule has 1 aromatic rings. The lowest BCUT2D eigenvalue weighted by Crippen LogP contribution is -2.38. The van der Waals surface area contributed by atoms with Crippen LogP contribution in [0.5, 0.6) is 0 Å². The van der Waals surface area contributed by atoms with Gasteiger partial charge in [-0.25, -0.2) is 0 Å². The standard InChI is InChI=1S/C12H14INOS/c1-9(6-13)7-14-10-4-2-3-5-11(10)16-8-12(14)15/h2-5,9H,6-8H2,1H3/t9-/m1/s1. The van der Waals surface area contributed by atoms with Crippen LogP contribution >= 0.6 is 34.4 Å². The second-order valence-electron chi connectivity index (χ2n) is 4.02. The molecule has 2 rings (SSSR count). The van der Waals surface area contributed by atoms with Crippen LogP contribution < -0.4 is 4.90 Å². The predicted molar refractivity (Wildman–Crippen MR) is 77.6 cm³/mol. The Balaban J connectivity index is 2.26. The monoisotopic (exact) mass is 347 g/mol. The van der Waals surface area contributed by atoms with E-state index in [1.807, 2.05) is 23.1 Å². The molecular weight excluding hydrogens is 333 g/mol. The van der Waals surface area contributed by atoms with Crippen LogP contribution in [0.4, 0.5) is 5.69 Å². The second kappa shape index (κ2) is 5.40. The van der Waals surface area contributed by atoms with Crippen LogP contribution in [0.25, 0.3) is 0 Å². The normalized spacial score (nSPS) is 17.1. The van der Waals surface area contributed by atoms with Crippen molar-refractivity contribution in [1.29, 1.82) is 0 Å². The highest BCUT2D eigenvalue weighted by Crippen LogP contribution is 2.35. The minimum absolute atomic E-state index is 0.236. The van der Waals surface area contributed by atoms with Gasteiger partial charge in [-0.2, -0.15) is 0 Å². The number of benzene rings is 1. The van der Waals surface area contributed by atoms with Crippen molar-refractivity contribution in [2.75, 3.05) is 21.6 Å². The third-order valence-corrected chi connectivity index (χ3v) is 5.12.